The van der Waals surface area contributed by atoms with Gasteiger partial charge in [-0.1, -0.05) is 18.2 Å². The third-order valence-electron chi connectivity index (χ3n) is 3.51. The molecule has 1 aromatic heterocycles. The van der Waals surface area contributed by atoms with Crippen LogP contribution in [0.1, 0.15) is 11.3 Å². The van der Waals surface area contributed by atoms with Crippen LogP contribution in [0.3, 0.4) is 0 Å². The summed E-state index contributed by atoms with van der Waals surface area (Å²) in [5.41, 5.74) is 4.42. The Hall–Kier alpha value is -1.28. The normalized spacial score (nSPS) is 16.9. The molecule has 0 amide bonds. The molecule has 0 spiro atoms. The summed E-state index contributed by atoms with van der Waals surface area (Å²) in [4.78, 5) is 2.39. The van der Waals surface area contributed by atoms with Crippen LogP contribution in [0.2, 0.25) is 0 Å². The van der Waals surface area contributed by atoms with Gasteiger partial charge in [0.15, 0.2) is 0 Å². The molecule has 2 aromatic rings. The van der Waals surface area contributed by atoms with Gasteiger partial charge < -0.3 is 9.47 Å². The number of nitrogens with zero attached hydrogens (tertiary/aromatic N) is 2. The summed E-state index contributed by atoms with van der Waals surface area (Å²) in [5.74, 6) is 0. The van der Waals surface area contributed by atoms with E-state index in [0.717, 1.165) is 6.54 Å². The monoisotopic (exact) mass is 200 g/mol. The van der Waals surface area contributed by atoms with Crippen molar-refractivity contribution in [1.29, 1.82) is 0 Å². The van der Waals surface area contributed by atoms with Crippen LogP contribution in [-0.2, 0) is 20.0 Å². The van der Waals surface area contributed by atoms with E-state index in [9.17, 15) is 0 Å². The van der Waals surface area contributed by atoms with Crippen molar-refractivity contribution < 1.29 is 0 Å². The Kier molecular flexibility index (Phi) is 1.86. The molecule has 15 heavy (non-hydrogen) atoms. The van der Waals surface area contributed by atoms with Crippen LogP contribution < -0.4 is 0 Å². The molecule has 2 nitrogen and oxygen atoms in total. The summed E-state index contributed by atoms with van der Waals surface area (Å²) in [6.07, 6.45) is 1.19. The molecule has 0 atom stereocenters. The van der Waals surface area contributed by atoms with E-state index in [1.54, 1.807) is 5.56 Å². The van der Waals surface area contributed by atoms with Crippen molar-refractivity contribution >= 4 is 10.9 Å². The summed E-state index contributed by atoms with van der Waals surface area (Å²) >= 11 is 0. The Morgan fingerprint density at radius 1 is 1.13 bits per heavy atom. The van der Waals surface area contributed by atoms with E-state index in [1.165, 1.54) is 29.6 Å². The van der Waals surface area contributed by atoms with Gasteiger partial charge in [-0.05, 0) is 25.1 Å². The third kappa shape index (κ3) is 1.21. The van der Waals surface area contributed by atoms with Crippen LogP contribution in [0.25, 0.3) is 10.9 Å². The van der Waals surface area contributed by atoms with E-state index >= 15 is 0 Å². The van der Waals surface area contributed by atoms with Crippen molar-refractivity contribution in [3.63, 3.8) is 0 Å². The molecule has 0 radical (unpaired) electrons. The average molecular weight is 200 g/mol. The standard InChI is InChI=1S/C13H16N2/c1-14-8-7-11-10-5-3-4-6-12(10)15(2)13(11)9-14/h3-6H,7-9H2,1-2H3. The smallest absolute Gasteiger partial charge is 0.0483 e. The highest BCUT2D eigenvalue weighted by atomic mass is 15.1. The van der Waals surface area contributed by atoms with Gasteiger partial charge in [0, 0.05) is 36.7 Å². The quantitative estimate of drug-likeness (QED) is 0.632. The van der Waals surface area contributed by atoms with Crippen molar-refractivity contribution in [2.75, 3.05) is 13.6 Å². The predicted octanol–water partition coefficient (Wildman–Crippen LogP) is 2.17. The minimum atomic E-state index is 1.08. The molecule has 0 bridgehead atoms. The van der Waals surface area contributed by atoms with Crippen molar-refractivity contribution in [2.24, 2.45) is 7.05 Å². The zero-order valence-electron chi connectivity index (χ0n) is 9.33. The fraction of sp³-hybridized carbons (Fsp3) is 0.385. The second kappa shape index (κ2) is 3.11. The molecule has 78 valence electrons. The number of aromatic nitrogens is 1. The molecule has 1 aliphatic rings. The maximum absolute atomic E-state index is 2.39. The number of hydrogen-bond donors (Lipinski definition) is 0. The molecule has 1 aromatic carbocycles. The van der Waals surface area contributed by atoms with Gasteiger partial charge in [-0.3, -0.25) is 0 Å². The fourth-order valence-corrected chi connectivity index (χ4v) is 2.64. The number of para-hydroxylation sites is 1. The van der Waals surface area contributed by atoms with Gasteiger partial charge in [0.25, 0.3) is 0 Å². The maximum Gasteiger partial charge on any atom is 0.0483 e. The van der Waals surface area contributed by atoms with Crippen LogP contribution in [0.15, 0.2) is 24.3 Å². The Labute approximate surface area is 90.1 Å². The van der Waals surface area contributed by atoms with Gasteiger partial charge in [-0.2, -0.15) is 0 Å². The Balaban J connectivity index is 2.32. The summed E-state index contributed by atoms with van der Waals surface area (Å²) in [7, 11) is 4.38. The van der Waals surface area contributed by atoms with Gasteiger partial charge in [0.05, 0.1) is 0 Å². The second-order valence-electron chi connectivity index (χ2n) is 4.49. The van der Waals surface area contributed by atoms with E-state index in [4.69, 9.17) is 0 Å². The lowest BCUT2D eigenvalue weighted by atomic mass is 10.0. The lowest BCUT2D eigenvalue weighted by Gasteiger charge is -2.23. The zero-order valence-corrected chi connectivity index (χ0v) is 9.33. The van der Waals surface area contributed by atoms with Crippen LogP contribution in [0, 0.1) is 0 Å². The van der Waals surface area contributed by atoms with E-state index in [1.807, 2.05) is 0 Å². The number of fused-ring (bicyclic) bond motifs is 3. The highest BCUT2D eigenvalue weighted by Gasteiger charge is 2.19. The summed E-state index contributed by atoms with van der Waals surface area (Å²) in [5, 5.41) is 1.45. The van der Waals surface area contributed by atoms with Gasteiger partial charge in [-0.25, -0.2) is 0 Å². The van der Waals surface area contributed by atoms with Gasteiger partial charge in [-0.15, -0.1) is 0 Å². The first kappa shape index (κ1) is 8.98. The first-order valence-corrected chi connectivity index (χ1v) is 5.51. The molecule has 0 N–H and O–H groups in total. The Morgan fingerprint density at radius 3 is 2.80 bits per heavy atom. The maximum atomic E-state index is 2.39. The number of benzene rings is 1. The minimum absolute atomic E-state index is 1.08. The molecule has 0 saturated heterocycles. The van der Waals surface area contributed by atoms with Crippen LogP contribution in [-0.4, -0.2) is 23.1 Å². The van der Waals surface area contributed by atoms with E-state index in [0.29, 0.717) is 0 Å². The highest BCUT2D eigenvalue weighted by molar-refractivity contribution is 5.85. The fourth-order valence-electron chi connectivity index (χ4n) is 2.64. The van der Waals surface area contributed by atoms with Crippen LogP contribution in [0.4, 0.5) is 0 Å². The first-order valence-electron chi connectivity index (χ1n) is 5.51. The second-order valence-corrected chi connectivity index (χ2v) is 4.49. The van der Waals surface area contributed by atoms with Gasteiger partial charge in [0.2, 0.25) is 0 Å². The lowest BCUT2D eigenvalue weighted by Crippen LogP contribution is -2.27. The number of hydrogen-bond acceptors (Lipinski definition) is 1. The van der Waals surface area contributed by atoms with Crippen molar-refractivity contribution in [1.82, 2.24) is 9.47 Å². The van der Waals surface area contributed by atoms with Crippen LogP contribution >= 0.6 is 0 Å². The number of rotatable bonds is 0. The molecule has 1 aliphatic heterocycles. The molecule has 0 aliphatic carbocycles. The minimum Gasteiger partial charge on any atom is -0.346 e. The molecule has 0 saturated carbocycles. The predicted molar refractivity (Wildman–Crippen MR) is 63.0 cm³/mol. The van der Waals surface area contributed by atoms with Crippen molar-refractivity contribution in [3.8, 4) is 0 Å². The van der Waals surface area contributed by atoms with Gasteiger partial charge in [0.1, 0.15) is 0 Å². The Morgan fingerprint density at radius 2 is 1.93 bits per heavy atom. The third-order valence-corrected chi connectivity index (χ3v) is 3.51. The SMILES string of the molecule is CN1CCc2c(n(C)c3ccccc23)C1. The van der Waals surface area contributed by atoms with Crippen molar-refractivity contribution in [2.45, 2.75) is 13.0 Å². The molecular weight excluding hydrogens is 184 g/mol. The molecule has 0 unspecified atom stereocenters. The average Bonchev–Trinajstić information content (AvgIpc) is 2.54. The van der Waals surface area contributed by atoms with E-state index in [-0.39, 0.29) is 0 Å². The largest absolute Gasteiger partial charge is 0.346 e. The summed E-state index contributed by atoms with van der Waals surface area (Å²) in [6.45, 7) is 2.27. The highest BCUT2D eigenvalue weighted by Crippen LogP contribution is 2.29. The van der Waals surface area contributed by atoms with Crippen molar-refractivity contribution in [3.05, 3.63) is 35.5 Å². The molecular formula is C13H16N2. The first-order chi connectivity index (χ1) is 7.27. The lowest BCUT2D eigenvalue weighted by molar-refractivity contribution is 0.305. The van der Waals surface area contributed by atoms with Crippen LogP contribution in [0.5, 0.6) is 0 Å². The molecule has 3 rings (SSSR count). The molecule has 0 fully saturated rings. The zero-order chi connectivity index (χ0) is 10.4. The summed E-state index contributed by atoms with van der Waals surface area (Å²) in [6, 6.07) is 8.73. The van der Waals surface area contributed by atoms with Gasteiger partial charge >= 0.3 is 0 Å². The van der Waals surface area contributed by atoms with E-state index < -0.39 is 0 Å². The number of likely N-dealkylation sites (N-methyl/N-ethyl adjacent to an activating group) is 1. The topological polar surface area (TPSA) is 8.17 Å². The Bertz CT molecular complexity index is 510. The molecule has 2 heterocycles. The molecule has 2 heteroatoms. The van der Waals surface area contributed by atoms with E-state index in [2.05, 4.69) is 47.8 Å². The summed E-state index contributed by atoms with van der Waals surface area (Å²) < 4.78 is 2.35. The number of aryl methyl sites for hydroxylation is 1.